The van der Waals surface area contributed by atoms with Crippen LogP contribution in [0.25, 0.3) is 0 Å². The summed E-state index contributed by atoms with van der Waals surface area (Å²) in [6, 6.07) is 1.03. The molecule has 15 heavy (non-hydrogen) atoms. The lowest BCUT2D eigenvalue weighted by Gasteiger charge is -2.08. The molecule has 0 saturated carbocycles. The highest BCUT2D eigenvalue weighted by Crippen LogP contribution is 2.10. The third kappa shape index (κ3) is 3.08. The number of nitrogen functional groups attached to an aromatic ring is 1. The quantitative estimate of drug-likeness (QED) is 0.681. The fourth-order valence-electron chi connectivity index (χ4n) is 1.15. The topological polar surface area (TPSA) is 82.0 Å². The zero-order valence-corrected chi connectivity index (χ0v) is 8.31. The van der Waals surface area contributed by atoms with Gasteiger partial charge in [-0.2, -0.15) is 0 Å². The van der Waals surface area contributed by atoms with Gasteiger partial charge in [0.2, 0.25) is 0 Å². The van der Waals surface area contributed by atoms with E-state index in [-0.39, 0.29) is 18.6 Å². The van der Waals surface area contributed by atoms with Crippen molar-refractivity contribution in [2.45, 2.75) is 18.9 Å². The summed E-state index contributed by atoms with van der Waals surface area (Å²) in [5, 5.41) is 0. The van der Waals surface area contributed by atoms with E-state index in [4.69, 9.17) is 17.9 Å². The summed E-state index contributed by atoms with van der Waals surface area (Å²) in [6.07, 6.45) is 8.64. The van der Waals surface area contributed by atoms with Crippen LogP contribution in [0, 0.1) is 12.3 Å². The molecule has 0 bridgehead atoms. The summed E-state index contributed by atoms with van der Waals surface area (Å²) in [7, 11) is 0. The van der Waals surface area contributed by atoms with Crippen LogP contribution in [-0.2, 0) is 11.2 Å². The molecule has 0 spiro atoms. The number of anilines is 1. The van der Waals surface area contributed by atoms with Gasteiger partial charge in [-0.25, -0.2) is 0 Å². The SMILES string of the molecule is C#CCC(N)C(=O)Cc1cnccc1N. The average molecular weight is 203 g/mol. The van der Waals surface area contributed by atoms with Gasteiger partial charge in [-0.1, -0.05) is 0 Å². The van der Waals surface area contributed by atoms with Crippen LogP contribution in [0.1, 0.15) is 12.0 Å². The second kappa shape index (κ2) is 5.13. The molecule has 0 saturated heterocycles. The molecule has 78 valence electrons. The van der Waals surface area contributed by atoms with Crippen LogP contribution in [0.2, 0.25) is 0 Å². The molecular formula is C11H13N3O. The van der Waals surface area contributed by atoms with Crippen LogP contribution in [0.3, 0.4) is 0 Å². The van der Waals surface area contributed by atoms with Gasteiger partial charge >= 0.3 is 0 Å². The molecule has 0 radical (unpaired) electrons. The summed E-state index contributed by atoms with van der Waals surface area (Å²) in [5.41, 5.74) is 12.5. The first-order chi connectivity index (χ1) is 7.15. The first kappa shape index (κ1) is 11.2. The maximum absolute atomic E-state index is 11.6. The number of Topliss-reactive ketones (excluding diaryl/α,β-unsaturated/α-hetero) is 1. The minimum atomic E-state index is -0.616. The number of ketones is 1. The molecule has 0 amide bonds. The first-order valence-electron chi connectivity index (χ1n) is 4.55. The van der Waals surface area contributed by atoms with Gasteiger partial charge in [0.1, 0.15) is 0 Å². The lowest BCUT2D eigenvalue weighted by molar-refractivity contribution is -0.119. The maximum atomic E-state index is 11.6. The standard InChI is InChI=1S/C11H13N3O/c1-2-3-10(13)11(15)6-8-7-14-5-4-9(8)12/h1,4-5,7,10H,3,6,13H2,(H2,12,14). The minimum Gasteiger partial charge on any atom is -0.398 e. The van der Waals surface area contributed by atoms with E-state index in [2.05, 4.69) is 10.9 Å². The highest BCUT2D eigenvalue weighted by atomic mass is 16.1. The molecule has 1 atom stereocenters. The van der Waals surface area contributed by atoms with E-state index in [1.807, 2.05) is 0 Å². The number of nitrogens with two attached hydrogens (primary N) is 2. The van der Waals surface area contributed by atoms with E-state index in [0.29, 0.717) is 11.3 Å². The number of hydrogen-bond acceptors (Lipinski definition) is 4. The van der Waals surface area contributed by atoms with Crippen molar-refractivity contribution < 1.29 is 4.79 Å². The average Bonchev–Trinajstić information content (AvgIpc) is 2.21. The Kier molecular flexibility index (Phi) is 3.83. The number of aromatic nitrogens is 1. The van der Waals surface area contributed by atoms with Crippen molar-refractivity contribution in [3.63, 3.8) is 0 Å². The normalized spacial score (nSPS) is 11.7. The Labute approximate surface area is 88.7 Å². The molecule has 4 heteroatoms. The van der Waals surface area contributed by atoms with Gasteiger partial charge in [0.25, 0.3) is 0 Å². The lowest BCUT2D eigenvalue weighted by Crippen LogP contribution is -2.31. The van der Waals surface area contributed by atoms with Gasteiger partial charge in [0.05, 0.1) is 6.04 Å². The molecule has 0 aliphatic heterocycles. The van der Waals surface area contributed by atoms with E-state index in [1.54, 1.807) is 18.5 Å². The van der Waals surface area contributed by atoms with Crippen LogP contribution in [0.4, 0.5) is 5.69 Å². The molecule has 1 aromatic rings. The molecule has 1 heterocycles. The number of rotatable bonds is 4. The molecule has 0 aliphatic rings. The van der Waals surface area contributed by atoms with Gasteiger partial charge in [-0.15, -0.1) is 12.3 Å². The van der Waals surface area contributed by atoms with E-state index in [0.717, 1.165) is 0 Å². The molecule has 0 fully saturated rings. The summed E-state index contributed by atoms with van der Waals surface area (Å²) in [4.78, 5) is 15.4. The third-order valence-electron chi connectivity index (χ3n) is 2.06. The number of terminal acetylenes is 1. The Morgan fingerprint density at radius 3 is 3.00 bits per heavy atom. The van der Waals surface area contributed by atoms with E-state index >= 15 is 0 Å². The third-order valence-corrected chi connectivity index (χ3v) is 2.06. The zero-order valence-electron chi connectivity index (χ0n) is 8.31. The minimum absolute atomic E-state index is 0.118. The van der Waals surface area contributed by atoms with E-state index < -0.39 is 6.04 Å². The van der Waals surface area contributed by atoms with Crippen molar-refractivity contribution in [3.8, 4) is 12.3 Å². The summed E-state index contributed by atoms with van der Waals surface area (Å²) in [5.74, 6) is 2.24. The smallest absolute Gasteiger partial charge is 0.154 e. The Hall–Kier alpha value is -1.86. The van der Waals surface area contributed by atoms with Crippen molar-refractivity contribution in [3.05, 3.63) is 24.0 Å². The molecule has 0 aromatic carbocycles. The van der Waals surface area contributed by atoms with Gasteiger partial charge in [-0.3, -0.25) is 9.78 Å². The highest BCUT2D eigenvalue weighted by Gasteiger charge is 2.13. The monoisotopic (exact) mass is 203 g/mol. The highest BCUT2D eigenvalue weighted by molar-refractivity contribution is 5.87. The van der Waals surface area contributed by atoms with Crippen molar-refractivity contribution in [1.82, 2.24) is 4.98 Å². The van der Waals surface area contributed by atoms with E-state index in [9.17, 15) is 4.79 Å². The predicted octanol–water partition coefficient (Wildman–Crippen LogP) is 0.126. The number of carbonyl (C=O) groups excluding carboxylic acids is 1. The molecule has 4 N–H and O–H groups in total. The number of carbonyl (C=O) groups is 1. The maximum Gasteiger partial charge on any atom is 0.154 e. The Balaban J connectivity index is 2.67. The molecule has 4 nitrogen and oxygen atoms in total. The predicted molar refractivity (Wildman–Crippen MR) is 58.8 cm³/mol. The fourth-order valence-corrected chi connectivity index (χ4v) is 1.15. The molecule has 0 aliphatic carbocycles. The molecule has 1 rings (SSSR count). The van der Waals surface area contributed by atoms with Crippen LogP contribution < -0.4 is 11.5 Å². The number of hydrogen-bond donors (Lipinski definition) is 2. The van der Waals surface area contributed by atoms with Gasteiger partial charge in [0.15, 0.2) is 5.78 Å². The largest absolute Gasteiger partial charge is 0.398 e. The Morgan fingerprint density at radius 1 is 1.67 bits per heavy atom. The van der Waals surface area contributed by atoms with Gasteiger partial charge in [0, 0.05) is 36.5 Å². The molecular weight excluding hydrogens is 190 g/mol. The molecule has 1 aromatic heterocycles. The summed E-state index contributed by atoms with van der Waals surface area (Å²) < 4.78 is 0. The summed E-state index contributed by atoms with van der Waals surface area (Å²) >= 11 is 0. The first-order valence-corrected chi connectivity index (χ1v) is 4.55. The van der Waals surface area contributed by atoms with Gasteiger partial charge < -0.3 is 11.5 Å². The van der Waals surface area contributed by atoms with Crippen molar-refractivity contribution in [1.29, 1.82) is 0 Å². The van der Waals surface area contributed by atoms with Crippen LogP contribution >= 0.6 is 0 Å². The zero-order chi connectivity index (χ0) is 11.3. The van der Waals surface area contributed by atoms with E-state index in [1.165, 1.54) is 0 Å². The molecule has 1 unspecified atom stereocenters. The Bertz CT molecular complexity index is 395. The van der Waals surface area contributed by atoms with Gasteiger partial charge in [-0.05, 0) is 6.07 Å². The van der Waals surface area contributed by atoms with Crippen LogP contribution in [0.5, 0.6) is 0 Å². The lowest BCUT2D eigenvalue weighted by atomic mass is 10.0. The van der Waals surface area contributed by atoms with Crippen molar-refractivity contribution in [2.24, 2.45) is 5.73 Å². The van der Waals surface area contributed by atoms with Crippen LogP contribution in [-0.4, -0.2) is 16.8 Å². The number of pyridine rings is 1. The fraction of sp³-hybridized carbons (Fsp3) is 0.273. The second-order valence-corrected chi connectivity index (χ2v) is 3.23. The summed E-state index contributed by atoms with van der Waals surface area (Å²) in [6.45, 7) is 0. The number of nitrogens with zero attached hydrogens (tertiary/aromatic N) is 1. The second-order valence-electron chi connectivity index (χ2n) is 3.23. The van der Waals surface area contributed by atoms with Crippen LogP contribution in [0.15, 0.2) is 18.5 Å². The Morgan fingerprint density at radius 2 is 2.40 bits per heavy atom. The van der Waals surface area contributed by atoms with Crippen molar-refractivity contribution in [2.75, 3.05) is 5.73 Å². The van der Waals surface area contributed by atoms with Crippen molar-refractivity contribution >= 4 is 11.5 Å².